The number of carbonyl (C=O) groups is 5. The predicted octanol–water partition coefficient (Wildman–Crippen LogP) is 18.5. The van der Waals surface area contributed by atoms with Gasteiger partial charge in [-0.05, 0) is 173 Å². The van der Waals surface area contributed by atoms with E-state index in [1.54, 1.807) is 36.4 Å². The molecule has 5 fully saturated rings. The summed E-state index contributed by atoms with van der Waals surface area (Å²) in [6, 6.07) is 43.9. The molecule has 0 unspecified atom stereocenters. The number of nitrogens with zero attached hydrogens (tertiary/aromatic N) is 3. The minimum absolute atomic E-state index is 0. The van der Waals surface area contributed by atoms with Gasteiger partial charge >= 0.3 is 24.9 Å². The number of ether oxygens (including phenoxy) is 4. The van der Waals surface area contributed by atoms with Gasteiger partial charge < -0.3 is 34.1 Å². The normalized spacial score (nSPS) is 17.8. The van der Waals surface area contributed by atoms with Crippen molar-refractivity contribution < 1.29 is 86.8 Å². The molecule has 0 spiro atoms. The average Bonchev–Trinajstić information content (AvgIpc) is 1.50. The fraction of sp³-hybridized carbons (Fsp3) is 0.284. The standard InChI is InChI=1S/C29H21F2NO4.C26H21F2NO4.C25H21F6N3O2.CH4/c1-17(33)18-6-8-19(9-7-18)27-23-5-3-2-4-20(23)14-22(32-27)16-26(34)28(12-13-28)21-10-11-24-25(15-21)36-29(30,31)35-24;1-15-6-8-20(29-24(15)18-5-3-4-17(12-18)16(2)30)14-23(31)25(10-11-25)19-7-9-21-22(13-19)33-26(27,28)32-21;26-24(27,28)17-2-1-3-20-21(17)22(35)16(11-32-20)23(36)33-19-9-8-15(10-18(19)25(29,30)31)34-12-13-4-6-14(34)7-5-13;/h2-11,14-15H,12-13,16H2,1H3;3-9,12-13H,10-11,14H2,1-2H3;1-3,8-11,13-14H,4-7,12H2,(H,32,35)(H,33,36);1H4. The molecule has 25 heteroatoms. The largest absolute Gasteiger partial charge is 0.586 e. The maximum Gasteiger partial charge on any atom is 0.586 e. The molecule has 7 aromatic carbocycles. The second kappa shape index (κ2) is 27.7. The van der Waals surface area contributed by atoms with Crippen molar-refractivity contribution in [3.05, 3.63) is 236 Å². The Kier molecular flexibility index (Phi) is 19.1. The van der Waals surface area contributed by atoms with Gasteiger partial charge in [-0.1, -0.05) is 98.4 Å². The van der Waals surface area contributed by atoms with Gasteiger partial charge in [0.1, 0.15) is 17.1 Å². The second-order valence-corrected chi connectivity index (χ2v) is 27.2. The van der Waals surface area contributed by atoms with Gasteiger partial charge in [-0.2, -0.15) is 26.3 Å². The molecule has 10 aromatic rings. The summed E-state index contributed by atoms with van der Waals surface area (Å²) in [7, 11) is 0. The monoisotopic (exact) mass is 1460 g/mol. The highest BCUT2D eigenvalue weighted by Crippen LogP contribution is 2.55. The first kappa shape index (κ1) is 73.1. The zero-order valence-corrected chi connectivity index (χ0v) is 56.3. The molecule has 2 bridgehead atoms. The molecule has 7 heterocycles. The minimum Gasteiger partial charge on any atom is -0.395 e. The highest BCUT2D eigenvalue weighted by atomic mass is 19.4. The minimum atomic E-state index is -4.87. The number of rotatable bonds is 15. The first-order chi connectivity index (χ1) is 49.8. The van der Waals surface area contributed by atoms with Gasteiger partial charge in [0, 0.05) is 81.9 Å². The highest BCUT2D eigenvalue weighted by molar-refractivity contribution is 6.07. The van der Waals surface area contributed by atoms with Gasteiger partial charge in [0.05, 0.1) is 44.4 Å². The molecule has 1 amide bonds. The van der Waals surface area contributed by atoms with Gasteiger partial charge in [0.2, 0.25) is 5.43 Å². The van der Waals surface area contributed by atoms with E-state index >= 15 is 0 Å². The molecule has 0 radical (unpaired) electrons. The number of fused-ring (bicyclic) bond motifs is 7. The Morgan fingerprint density at radius 3 is 1.72 bits per heavy atom. The number of aromatic amines is 1. The van der Waals surface area contributed by atoms with Crippen LogP contribution >= 0.6 is 0 Å². The van der Waals surface area contributed by atoms with Crippen molar-refractivity contribution in [1.82, 2.24) is 15.0 Å². The number of carbonyl (C=O) groups excluding carboxylic acids is 5. The lowest BCUT2D eigenvalue weighted by atomic mass is 9.79. The smallest absolute Gasteiger partial charge is 0.395 e. The van der Waals surface area contributed by atoms with Crippen LogP contribution in [-0.2, 0) is 45.6 Å². The maximum atomic E-state index is 13.9. The van der Waals surface area contributed by atoms with E-state index in [0.29, 0.717) is 83.5 Å². The van der Waals surface area contributed by atoms with E-state index in [2.05, 4.69) is 29.2 Å². The number of anilines is 2. The van der Waals surface area contributed by atoms with Crippen molar-refractivity contribution in [2.24, 2.45) is 5.92 Å². The fourth-order valence-electron chi connectivity index (χ4n) is 14.4. The highest BCUT2D eigenvalue weighted by Gasteiger charge is 2.54. The van der Waals surface area contributed by atoms with Crippen LogP contribution in [0.5, 0.6) is 23.0 Å². The van der Waals surface area contributed by atoms with E-state index in [0.717, 1.165) is 88.9 Å². The van der Waals surface area contributed by atoms with Crippen LogP contribution in [0, 0.1) is 12.8 Å². The summed E-state index contributed by atoms with van der Waals surface area (Å²) in [5.74, 6) is -1.08. The number of pyridine rings is 3. The summed E-state index contributed by atoms with van der Waals surface area (Å²) in [5, 5.41) is 3.22. The van der Waals surface area contributed by atoms with Crippen molar-refractivity contribution in [2.45, 2.75) is 134 Å². The third-order valence-electron chi connectivity index (χ3n) is 20.3. The number of alkyl halides is 10. The van der Waals surface area contributed by atoms with E-state index in [1.807, 2.05) is 78.6 Å². The van der Waals surface area contributed by atoms with Gasteiger partial charge in [-0.25, -0.2) is 0 Å². The van der Waals surface area contributed by atoms with Gasteiger partial charge in [0.15, 0.2) is 34.6 Å². The van der Waals surface area contributed by atoms with Crippen LogP contribution < -0.4 is 34.6 Å². The van der Waals surface area contributed by atoms with Crippen LogP contribution in [-0.4, -0.2) is 69.2 Å². The predicted molar refractivity (Wildman–Crippen MR) is 375 cm³/mol. The van der Waals surface area contributed by atoms with E-state index in [9.17, 15) is 72.7 Å². The molecule has 3 aromatic heterocycles. The quantitative estimate of drug-likeness (QED) is 0.0727. The molecular weight excluding hydrogens is 1390 g/mol. The van der Waals surface area contributed by atoms with Crippen LogP contribution in [0.15, 0.2) is 175 Å². The molecule has 17 rings (SSSR count). The molecule has 15 nitrogen and oxygen atoms in total. The summed E-state index contributed by atoms with van der Waals surface area (Å²) < 4.78 is 154. The first-order valence-corrected chi connectivity index (χ1v) is 33.8. The number of nitrogens with one attached hydrogen (secondary N) is 2. The lowest BCUT2D eigenvalue weighted by molar-refractivity contribution is -0.287. The van der Waals surface area contributed by atoms with Crippen molar-refractivity contribution >= 4 is 62.1 Å². The van der Waals surface area contributed by atoms with E-state index < -0.39 is 74.9 Å². The Hall–Kier alpha value is -11.2. The summed E-state index contributed by atoms with van der Waals surface area (Å²) >= 11 is 0. The van der Waals surface area contributed by atoms with Crippen molar-refractivity contribution in [1.29, 1.82) is 0 Å². The summed E-state index contributed by atoms with van der Waals surface area (Å²) in [6.07, 6.45) is -9.47. The number of benzene rings is 7. The number of H-pyrrole nitrogens is 1. The zero-order chi connectivity index (χ0) is 74.3. The van der Waals surface area contributed by atoms with E-state index in [4.69, 9.17) is 9.97 Å². The molecule has 2 N–H and O–H groups in total. The lowest BCUT2D eigenvalue weighted by Crippen LogP contribution is -2.48. The summed E-state index contributed by atoms with van der Waals surface area (Å²) in [5.41, 5.74) is 1.70. The number of halogens is 10. The number of aryl methyl sites for hydroxylation is 1. The summed E-state index contributed by atoms with van der Waals surface area (Å²) in [4.78, 5) is 89.9. The van der Waals surface area contributed by atoms with E-state index in [-0.39, 0.29) is 78.0 Å². The zero-order valence-electron chi connectivity index (χ0n) is 56.3. The maximum absolute atomic E-state index is 13.9. The van der Waals surface area contributed by atoms with Crippen molar-refractivity contribution in [3.8, 4) is 45.5 Å². The molecule has 546 valence electrons. The van der Waals surface area contributed by atoms with Crippen molar-refractivity contribution in [3.63, 3.8) is 0 Å². The molecule has 3 aliphatic carbocycles. The van der Waals surface area contributed by atoms with E-state index in [1.165, 1.54) is 50.2 Å². The van der Waals surface area contributed by atoms with Gasteiger partial charge in [-0.3, -0.25) is 38.7 Å². The number of piperidine rings is 2. The number of amides is 1. The van der Waals surface area contributed by atoms with Crippen molar-refractivity contribution in [2.75, 3.05) is 16.8 Å². The molecule has 7 aliphatic rings. The molecule has 3 saturated carbocycles. The first-order valence-electron chi connectivity index (χ1n) is 33.8. The number of aromatic nitrogens is 3. The molecule has 4 aliphatic heterocycles. The van der Waals surface area contributed by atoms with Gasteiger partial charge in [0.25, 0.3) is 5.91 Å². The van der Waals surface area contributed by atoms with Crippen LogP contribution in [0.25, 0.3) is 44.2 Å². The Morgan fingerprint density at radius 1 is 0.566 bits per heavy atom. The van der Waals surface area contributed by atoms with Crippen LogP contribution in [0.4, 0.5) is 55.3 Å². The fourth-order valence-corrected chi connectivity index (χ4v) is 14.4. The third kappa shape index (κ3) is 14.7. The Balaban J connectivity index is 0.000000140. The topological polar surface area (TPSA) is 196 Å². The number of hydrogen-bond donors (Lipinski definition) is 2. The van der Waals surface area contributed by atoms with Crippen LogP contribution in [0.1, 0.15) is 143 Å². The third-order valence-corrected chi connectivity index (χ3v) is 20.3. The SMILES string of the molecule is C.CC(=O)c1ccc(-c2nc(CC(=O)C3(c4ccc5c(c4)OC(F)(F)O5)CC3)cc3ccccc23)cc1.CC(=O)c1cccc(-c2nc(CC(=O)C3(c4ccc5c(c4)OC(F)(F)O5)CC3)ccc2C)c1.O=C(Nc1ccc(N2CC3CCC2CC3)cc1C(F)(F)F)c1c[nH]c2cccc(C(F)(F)F)c2c1=O. The summed E-state index contributed by atoms with van der Waals surface area (Å²) in [6.45, 7) is 5.63. The molecule has 2 saturated heterocycles. The van der Waals surface area contributed by atoms with Crippen LogP contribution in [0.2, 0.25) is 0 Å². The second-order valence-electron chi connectivity index (χ2n) is 27.2. The molecule has 106 heavy (non-hydrogen) atoms. The molecule has 0 atom stereocenters. The number of ketones is 4. The Labute approximate surface area is 599 Å². The Bertz CT molecular complexity index is 5250. The number of Topliss-reactive ketones (excluding diaryl/α,β-unsaturated/α-hetero) is 4. The van der Waals surface area contributed by atoms with Gasteiger partial charge in [-0.15, -0.1) is 17.6 Å². The number of hydrogen-bond acceptors (Lipinski definition) is 13. The molecular formula is C81H67F10N5O10. The average molecular weight is 1460 g/mol. The lowest BCUT2D eigenvalue weighted by Gasteiger charge is -2.47. The Morgan fingerprint density at radius 2 is 1.14 bits per heavy atom. The van der Waals surface area contributed by atoms with Crippen LogP contribution in [0.3, 0.4) is 0 Å².